The second-order valence-corrected chi connectivity index (χ2v) is 9.37. The maximum absolute atomic E-state index is 14.0. The van der Waals surface area contributed by atoms with Gasteiger partial charge in [-0.05, 0) is 37.6 Å². The summed E-state index contributed by atoms with van der Waals surface area (Å²) in [6.07, 6.45) is -3.07. The number of hydrogen-bond acceptors (Lipinski definition) is 5. The van der Waals surface area contributed by atoms with E-state index in [-0.39, 0.29) is 23.6 Å². The zero-order chi connectivity index (χ0) is 27.8. The third kappa shape index (κ3) is 5.41. The van der Waals surface area contributed by atoms with Gasteiger partial charge in [0.1, 0.15) is 23.7 Å². The maximum Gasteiger partial charge on any atom is 0.586 e. The summed E-state index contributed by atoms with van der Waals surface area (Å²) in [7, 11) is 1.64. The van der Waals surface area contributed by atoms with E-state index >= 15 is 0 Å². The molecule has 1 N–H and O–H groups in total. The Balaban J connectivity index is 1.63. The Labute approximate surface area is 215 Å². The summed E-state index contributed by atoms with van der Waals surface area (Å²) in [4.78, 5) is 26.3. The second kappa shape index (κ2) is 9.96. The number of nitrogens with one attached hydrogen (secondary N) is 1. The third-order valence-electron chi connectivity index (χ3n) is 6.11. The fourth-order valence-electron chi connectivity index (χ4n) is 4.10. The van der Waals surface area contributed by atoms with Crippen LogP contribution in [-0.4, -0.2) is 25.5 Å². The lowest BCUT2D eigenvalue weighted by Crippen LogP contribution is -2.28. The first-order valence-electron chi connectivity index (χ1n) is 11.4. The van der Waals surface area contributed by atoms with Crippen LogP contribution in [0.2, 0.25) is 0 Å². The van der Waals surface area contributed by atoms with Crippen molar-refractivity contribution in [1.29, 1.82) is 0 Å². The molecule has 0 atom stereocenters. The van der Waals surface area contributed by atoms with Crippen LogP contribution in [0.5, 0.6) is 11.5 Å². The molecule has 0 fully saturated rings. The molecular weight excluding hydrogens is 511 g/mol. The van der Waals surface area contributed by atoms with Crippen LogP contribution in [0.3, 0.4) is 0 Å². The first-order valence-corrected chi connectivity index (χ1v) is 11.4. The fraction of sp³-hybridized carbons (Fsp3) is 0.259. The van der Waals surface area contributed by atoms with Gasteiger partial charge in [-0.3, -0.25) is 4.79 Å². The van der Waals surface area contributed by atoms with Crippen molar-refractivity contribution in [3.63, 3.8) is 0 Å². The normalized spacial score (nSPS) is 13.8. The zero-order valence-corrected chi connectivity index (χ0v) is 20.6. The van der Waals surface area contributed by atoms with Crippen LogP contribution in [0.4, 0.5) is 27.6 Å². The van der Waals surface area contributed by atoms with E-state index in [4.69, 9.17) is 0 Å². The number of para-hydroxylation sites is 1. The Kier molecular flexibility index (Phi) is 7.05. The number of carbonyl (C=O) groups excluding carboxylic acids is 2. The number of amides is 1. The van der Waals surface area contributed by atoms with Crippen LogP contribution >= 0.6 is 0 Å². The lowest BCUT2D eigenvalue weighted by molar-refractivity contribution is -0.286. The number of anilines is 1. The number of carbonyl (C=O) groups is 2. The van der Waals surface area contributed by atoms with E-state index in [2.05, 4.69) is 14.8 Å². The number of benzene rings is 3. The molecule has 1 aliphatic rings. The molecule has 6 nitrogen and oxygen atoms in total. The summed E-state index contributed by atoms with van der Waals surface area (Å²) >= 11 is 0. The standard InChI is InChI=1S/C27H23F5N2O4/c1-26(2,14-35)19-8-7-15(25(36)33-12-18-20(29)10-17(28)11-21(18)30)9-22(19)34(3)13-16-5-4-6-23-24(16)38-27(31,32)37-23/h4-11,14H,12-13H2,1-3H3,(H,33,36). The van der Waals surface area contributed by atoms with Crippen LogP contribution in [0.25, 0.3) is 0 Å². The summed E-state index contributed by atoms with van der Waals surface area (Å²) in [6.45, 7) is 2.85. The molecule has 0 saturated carbocycles. The molecule has 0 unspecified atom stereocenters. The second-order valence-electron chi connectivity index (χ2n) is 9.37. The van der Waals surface area contributed by atoms with E-state index in [9.17, 15) is 31.5 Å². The van der Waals surface area contributed by atoms with E-state index < -0.39 is 47.2 Å². The largest absolute Gasteiger partial charge is 0.586 e. The Hall–Kier alpha value is -4.15. The molecule has 0 aliphatic carbocycles. The molecule has 1 aliphatic heterocycles. The van der Waals surface area contributed by atoms with Crippen molar-refractivity contribution in [3.8, 4) is 11.5 Å². The highest BCUT2D eigenvalue weighted by Gasteiger charge is 2.44. The smallest absolute Gasteiger partial charge is 0.395 e. The molecule has 0 spiro atoms. The molecule has 0 radical (unpaired) electrons. The molecule has 0 saturated heterocycles. The predicted molar refractivity (Wildman–Crippen MR) is 128 cm³/mol. The van der Waals surface area contributed by atoms with Crippen molar-refractivity contribution in [1.82, 2.24) is 5.32 Å². The number of rotatable bonds is 8. The first kappa shape index (κ1) is 26.9. The molecular formula is C27H23F5N2O4. The van der Waals surface area contributed by atoms with Crippen LogP contribution in [0.15, 0.2) is 48.5 Å². The van der Waals surface area contributed by atoms with Gasteiger partial charge in [-0.25, -0.2) is 13.2 Å². The highest BCUT2D eigenvalue weighted by atomic mass is 19.3. The van der Waals surface area contributed by atoms with Crippen LogP contribution in [0, 0.1) is 17.5 Å². The molecule has 11 heteroatoms. The van der Waals surface area contributed by atoms with Gasteiger partial charge < -0.3 is 24.5 Å². The Bertz CT molecular complexity index is 1390. The minimum atomic E-state index is -3.80. The van der Waals surface area contributed by atoms with E-state index in [1.807, 2.05) is 0 Å². The van der Waals surface area contributed by atoms with Crippen LogP contribution in [-0.2, 0) is 23.3 Å². The highest BCUT2D eigenvalue weighted by Crippen LogP contribution is 2.44. The maximum atomic E-state index is 14.0. The molecule has 200 valence electrons. The highest BCUT2D eigenvalue weighted by molar-refractivity contribution is 5.95. The Morgan fingerprint density at radius 2 is 1.74 bits per heavy atom. The van der Waals surface area contributed by atoms with Gasteiger partial charge in [-0.2, -0.15) is 0 Å². The van der Waals surface area contributed by atoms with Crippen molar-refractivity contribution in [2.75, 3.05) is 11.9 Å². The van der Waals surface area contributed by atoms with Gasteiger partial charge in [0, 0.05) is 60.1 Å². The van der Waals surface area contributed by atoms with Gasteiger partial charge in [0.05, 0.1) is 0 Å². The lowest BCUT2D eigenvalue weighted by Gasteiger charge is -2.29. The molecule has 3 aromatic carbocycles. The summed E-state index contributed by atoms with van der Waals surface area (Å²) < 4.78 is 77.6. The predicted octanol–water partition coefficient (Wildman–Crippen LogP) is 5.47. The lowest BCUT2D eigenvalue weighted by atomic mass is 9.84. The number of hydrogen-bond donors (Lipinski definition) is 1. The van der Waals surface area contributed by atoms with Crippen molar-refractivity contribution >= 4 is 17.9 Å². The molecule has 3 aromatic rings. The topological polar surface area (TPSA) is 67.9 Å². The summed E-state index contributed by atoms with van der Waals surface area (Å²) in [5.74, 6) is -4.30. The van der Waals surface area contributed by atoms with Crippen molar-refractivity contribution in [2.24, 2.45) is 0 Å². The minimum absolute atomic E-state index is 0.0433. The molecule has 1 amide bonds. The van der Waals surface area contributed by atoms with Crippen LogP contribution in [0.1, 0.15) is 40.9 Å². The fourth-order valence-corrected chi connectivity index (χ4v) is 4.10. The number of ether oxygens (including phenoxy) is 2. The summed E-state index contributed by atoms with van der Waals surface area (Å²) in [5.41, 5.74) is -0.0505. The third-order valence-corrected chi connectivity index (χ3v) is 6.11. The quantitative estimate of drug-likeness (QED) is 0.307. The number of nitrogens with zero attached hydrogens (tertiary/aromatic N) is 1. The molecule has 0 aromatic heterocycles. The van der Waals surface area contributed by atoms with Gasteiger partial charge >= 0.3 is 6.29 Å². The Morgan fingerprint density at radius 3 is 2.39 bits per heavy atom. The monoisotopic (exact) mass is 534 g/mol. The van der Waals surface area contributed by atoms with Crippen molar-refractivity contribution in [3.05, 3.63) is 88.2 Å². The van der Waals surface area contributed by atoms with E-state index in [1.165, 1.54) is 24.3 Å². The minimum Gasteiger partial charge on any atom is -0.395 e. The average molecular weight is 534 g/mol. The van der Waals surface area contributed by atoms with E-state index in [0.717, 1.165) is 6.29 Å². The van der Waals surface area contributed by atoms with Gasteiger partial charge in [0.2, 0.25) is 0 Å². The van der Waals surface area contributed by atoms with Gasteiger partial charge in [-0.15, -0.1) is 8.78 Å². The number of aldehydes is 1. The molecule has 4 rings (SSSR count). The first-order chi connectivity index (χ1) is 17.8. The molecule has 0 bridgehead atoms. The summed E-state index contributed by atoms with van der Waals surface area (Å²) in [6, 6.07) is 9.96. The van der Waals surface area contributed by atoms with Gasteiger partial charge in [0.15, 0.2) is 11.5 Å². The molecule has 38 heavy (non-hydrogen) atoms. The molecule has 1 heterocycles. The van der Waals surface area contributed by atoms with Crippen molar-refractivity contribution in [2.45, 2.75) is 38.6 Å². The number of fused-ring (bicyclic) bond motifs is 1. The van der Waals surface area contributed by atoms with Crippen molar-refractivity contribution < 1.29 is 41.0 Å². The zero-order valence-electron chi connectivity index (χ0n) is 20.6. The van der Waals surface area contributed by atoms with E-state index in [0.29, 0.717) is 28.9 Å². The van der Waals surface area contributed by atoms with Gasteiger partial charge in [-0.1, -0.05) is 18.2 Å². The number of alkyl halides is 2. The number of halogens is 5. The van der Waals surface area contributed by atoms with Crippen LogP contribution < -0.4 is 19.7 Å². The van der Waals surface area contributed by atoms with E-state index in [1.54, 1.807) is 37.9 Å². The SMILES string of the molecule is CN(Cc1cccc2c1OC(F)(F)O2)c1cc(C(=O)NCc2c(F)cc(F)cc2F)ccc1C(C)(C)C=O. The average Bonchev–Trinajstić information content (AvgIpc) is 3.17. The summed E-state index contributed by atoms with van der Waals surface area (Å²) in [5, 5.41) is 2.40. The van der Waals surface area contributed by atoms with Gasteiger partial charge in [0.25, 0.3) is 5.91 Å². The Morgan fingerprint density at radius 1 is 1.05 bits per heavy atom.